The summed E-state index contributed by atoms with van der Waals surface area (Å²) in [6.07, 6.45) is 0. The number of benzene rings is 11. The van der Waals surface area contributed by atoms with Crippen LogP contribution in [0.5, 0.6) is 0 Å². The third-order valence-electron chi connectivity index (χ3n) is 14.4. The van der Waals surface area contributed by atoms with Crippen LogP contribution in [0.3, 0.4) is 0 Å². The van der Waals surface area contributed by atoms with Gasteiger partial charge in [0.05, 0.1) is 27.8 Å². The molecular formula is C69H45N5. The first kappa shape index (κ1) is 42.9. The third kappa shape index (κ3) is 7.54. The van der Waals surface area contributed by atoms with Gasteiger partial charge in [0, 0.05) is 49.5 Å². The van der Waals surface area contributed by atoms with Crippen LogP contribution in [0.4, 0.5) is 0 Å². The zero-order chi connectivity index (χ0) is 49.0. The van der Waals surface area contributed by atoms with Crippen LogP contribution in [0.25, 0.3) is 134 Å². The number of hydrogen-bond acceptors (Lipinski definition) is 3. The van der Waals surface area contributed by atoms with E-state index in [1.807, 2.05) is 60.7 Å². The summed E-state index contributed by atoms with van der Waals surface area (Å²) in [5, 5.41) is 4.74. The van der Waals surface area contributed by atoms with Gasteiger partial charge < -0.3 is 9.13 Å². The Morgan fingerprint density at radius 3 is 0.932 bits per heavy atom. The van der Waals surface area contributed by atoms with Gasteiger partial charge in [-0.05, 0) is 99.6 Å². The van der Waals surface area contributed by atoms with E-state index in [-0.39, 0.29) is 0 Å². The molecule has 0 bridgehead atoms. The van der Waals surface area contributed by atoms with Crippen molar-refractivity contribution >= 4 is 43.6 Å². The highest BCUT2D eigenvalue weighted by Gasteiger charge is 2.23. The Hall–Kier alpha value is -9.97. The van der Waals surface area contributed by atoms with Crippen LogP contribution in [0.15, 0.2) is 273 Å². The molecular weight excluding hydrogens is 899 g/mol. The molecule has 3 heterocycles. The minimum atomic E-state index is 0.615. The van der Waals surface area contributed by atoms with Gasteiger partial charge in [-0.25, -0.2) is 15.0 Å². The molecule has 0 aliphatic heterocycles. The molecule has 3 aromatic heterocycles. The maximum absolute atomic E-state index is 5.10. The number of aromatic nitrogens is 5. The lowest BCUT2D eigenvalue weighted by molar-refractivity contribution is 1.07. The van der Waals surface area contributed by atoms with Crippen molar-refractivity contribution in [2.45, 2.75) is 0 Å². The van der Waals surface area contributed by atoms with Gasteiger partial charge in [-0.2, -0.15) is 0 Å². The summed E-state index contributed by atoms with van der Waals surface area (Å²) in [5.74, 6) is 1.88. The Labute approximate surface area is 428 Å². The fourth-order valence-corrected chi connectivity index (χ4v) is 10.8. The van der Waals surface area contributed by atoms with Crippen molar-refractivity contribution in [2.75, 3.05) is 0 Å². The molecule has 0 amide bonds. The largest absolute Gasteiger partial charge is 0.309 e. The summed E-state index contributed by atoms with van der Waals surface area (Å²) in [7, 11) is 0. The average molecular weight is 944 g/mol. The second kappa shape index (κ2) is 18.0. The second-order valence-electron chi connectivity index (χ2n) is 18.8. The molecule has 346 valence electrons. The predicted molar refractivity (Wildman–Crippen MR) is 307 cm³/mol. The molecule has 0 radical (unpaired) electrons. The van der Waals surface area contributed by atoms with Gasteiger partial charge in [0.25, 0.3) is 0 Å². The Kier molecular flexibility index (Phi) is 10.4. The van der Waals surface area contributed by atoms with E-state index < -0.39 is 0 Å². The van der Waals surface area contributed by atoms with Crippen molar-refractivity contribution in [2.24, 2.45) is 0 Å². The van der Waals surface area contributed by atoms with E-state index in [9.17, 15) is 0 Å². The van der Waals surface area contributed by atoms with Crippen molar-refractivity contribution in [3.63, 3.8) is 0 Å². The third-order valence-corrected chi connectivity index (χ3v) is 14.4. The van der Waals surface area contributed by atoms with E-state index in [2.05, 4.69) is 221 Å². The molecule has 0 spiro atoms. The monoisotopic (exact) mass is 943 g/mol. The van der Waals surface area contributed by atoms with E-state index in [1.54, 1.807) is 0 Å². The molecule has 0 unspecified atom stereocenters. The second-order valence-corrected chi connectivity index (χ2v) is 18.8. The van der Waals surface area contributed by atoms with Crippen LogP contribution >= 0.6 is 0 Å². The molecule has 0 saturated heterocycles. The highest BCUT2D eigenvalue weighted by molar-refractivity contribution is 6.15. The molecule has 0 atom stereocenters. The van der Waals surface area contributed by atoms with Gasteiger partial charge in [0.1, 0.15) is 0 Å². The van der Waals surface area contributed by atoms with Crippen molar-refractivity contribution in [1.82, 2.24) is 24.1 Å². The van der Waals surface area contributed by atoms with Gasteiger partial charge in [0.2, 0.25) is 0 Å². The maximum Gasteiger partial charge on any atom is 0.164 e. The molecule has 0 N–H and O–H groups in total. The summed E-state index contributed by atoms with van der Waals surface area (Å²) >= 11 is 0. The van der Waals surface area contributed by atoms with Crippen molar-refractivity contribution in [1.29, 1.82) is 0 Å². The van der Waals surface area contributed by atoms with Gasteiger partial charge in [-0.1, -0.05) is 212 Å². The van der Waals surface area contributed by atoms with Crippen LogP contribution in [0.1, 0.15) is 0 Å². The fraction of sp³-hybridized carbons (Fsp3) is 0. The van der Waals surface area contributed by atoms with Crippen LogP contribution in [-0.2, 0) is 0 Å². The minimum Gasteiger partial charge on any atom is -0.309 e. The van der Waals surface area contributed by atoms with Gasteiger partial charge >= 0.3 is 0 Å². The zero-order valence-corrected chi connectivity index (χ0v) is 40.2. The molecule has 5 heteroatoms. The highest BCUT2D eigenvalue weighted by atomic mass is 15.0. The fourth-order valence-electron chi connectivity index (χ4n) is 10.8. The first-order chi connectivity index (χ1) is 36.7. The highest BCUT2D eigenvalue weighted by Crippen LogP contribution is 2.44. The van der Waals surface area contributed by atoms with Crippen molar-refractivity contribution in [3.05, 3.63) is 273 Å². The Bertz CT molecular complexity index is 4200. The average Bonchev–Trinajstić information content (AvgIpc) is 4.03. The lowest BCUT2D eigenvalue weighted by Gasteiger charge is -2.17. The summed E-state index contributed by atoms with van der Waals surface area (Å²) in [4.78, 5) is 15.2. The molecule has 14 aromatic rings. The van der Waals surface area contributed by atoms with Crippen LogP contribution in [0, 0.1) is 0 Å². The summed E-state index contributed by atoms with van der Waals surface area (Å²) in [5.41, 5.74) is 18.7. The van der Waals surface area contributed by atoms with Crippen molar-refractivity contribution in [3.8, 4) is 90.0 Å². The lowest BCUT2D eigenvalue weighted by Crippen LogP contribution is -2.01. The lowest BCUT2D eigenvalue weighted by atomic mass is 9.98. The van der Waals surface area contributed by atoms with E-state index in [4.69, 9.17) is 15.0 Å². The topological polar surface area (TPSA) is 48.5 Å². The number of hydrogen-bond donors (Lipinski definition) is 0. The van der Waals surface area contributed by atoms with Crippen molar-refractivity contribution < 1.29 is 0 Å². The normalized spacial score (nSPS) is 11.5. The SMILES string of the molecule is c1ccc(-c2ccc3c(c2)c2cc(-n4c5ccc(-c6ccccc6)cc5c5cc(-c6ccccc6)ccc54)c(-c4ccc(-c5nc(-c6ccccc6)nc(-c6ccccc6)n5)cc4)cc2n3-c2ccccc2)cc1. The molecule has 11 aromatic carbocycles. The predicted octanol–water partition coefficient (Wildman–Crippen LogP) is 17.7. The number of nitrogens with zero attached hydrogens (tertiary/aromatic N) is 5. The quantitative estimate of drug-likeness (QED) is 0.145. The van der Waals surface area contributed by atoms with E-state index in [0.29, 0.717) is 17.5 Å². The van der Waals surface area contributed by atoms with Gasteiger partial charge in [-0.3, -0.25) is 0 Å². The molecule has 74 heavy (non-hydrogen) atoms. The molecule has 0 saturated carbocycles. The zero-order valence-electron chi connectivity index (χ0n) is 40.2. The van der Waals surface area contributed by atoms with E-state index in [0.717, 1.165) is 61.3 Å². The van der Waals surface area contributed by atoms with Crippen LogP contribution < -0.4 is 0 Å². The maximum atomic E-state index is 5.10. The minimum absolute atomic E-state index is 0.615. The molecule has 0 fully saturated rings. The van der Waals surface area contributed by atoms with Crippen LogP contribution in [-0.4, -0.2) is 24.1 Å². The van der Waals surface area contributed by atoms with Gasteiger partial charge in [-0.15, -0.1) is 0 Å². The Morgan fingerprint density at radius 2 is 0.527 bits per heavy atom. The molecule has 5 nitrogen and oxygen atoms in total. The first-order valence-electron chi connectivity index (χ1n) is 25.1. The number of para-hydroxylation sites is 1. The summed E-state index contributed by atoms with van der Waals surface area (Å²) in [6, 6.07) is 97.6. The Morgan fingerprint density at radius 1 is 0.216 bits per heavy atom. The smallest absolute Gasteiger partial charge is 0.164 e. The first-order valence-corrected chi connectivity index (χ1v) is 25.1. The van der Waals surface area contributed by atoms with Gasteiger partial charge in [0.15, 0.2) is 17.5 Å². The van der Waals surface area contributed by atoms with E-state index in [1.165, 1.54) is 54.9 Å². The van der Waals surface area contributed by atoms with Crippen LogP contribution in [0.2, 0.25) is 0 Å². The number of fused-ring (bicyclic) bond motifs is 6. The molecule has 0 aliphatic rings. The summed E-state index contributed by atoms with van der Waals surface area (Å²) in [6.45, 7) is 0. The molecule has 0 aliphatic carbocycles. The standard InChI is InChI=1S/C69H45N5/c1-7-19-46(20-8-1)53-35-38-62-60(43-53)61-45-65(74-63-39-36-54(47-21-9-2-10-22-47)41-58(63)59-42-55(37-40-64(59)74)48-23-11-3-12-24-48)57(44-66(61)73(62)56-29-17-6-18-30-56)49-31-33-52(34-32-49)69-71-67(50-25-13-4-14-26-50)70-68(72-69)51-27-15-5-16-28-51/h1-45H. The summed E-state index contributed by atoms with van der Waals surface area (Å²) < 4.78 is 4.92. The van der Waals surface area contributed by atoms with E-state index >= 15 is 0 Å². The number of rotatable bonds is 9. The molecule has 14 rings (SSSR count). The Balaban J connectivity index is 1.04.